The molecule has 0 aliphatic rings. The first-order valence-electron chi connectivity index (χ1n) is 3.63. The Hall–Kier alpha value is -0.940. The summed E-state index contributed by atoms with van der Waals surface area (Å²) in [5.74, 6) is -0.578. The molecular weight excluding hydrogens is 193 g/mol. The Bertz CT molecular complexity index is 414. The molecule has 0 fully saturated rings. The first kappa shape index (κ1) is 10.1. The molecule has 0 aliphatic heterocycles. The molecule has 3 nitrogen and oxygen atoms in total. The van der Waals surface area contributed by atoms with Crippen molar-refractivity contribution in [1.82, 2.24) is 0 Å². The van der Waals surface area contributed by atoms with Crippen LogP contribution >= 0.6 is 0 Å². The molecule has 1 aromatic carbocycles. The van der Waals surface area contributed by atoms with Crippen molar-refractivity contribution in [2.24, 2.45) is 5.73 Å². The summed E-state index contributed by atoms with van der Waals surface area (Å²) in [4.78, 5) is -0.0257. The van der Waals surface area contributed by atoms with Gasteiger partial charge in [-0.1, -0.05) is 6.07 Å². The summed E-state index contributed by atoms with van der Waals surface area (Å²) >= 11 is 0. The summed E-state index contributed by atoms with van der Waals surface area (Å²) in [5.41, 5.74) is 5.53. The molecule has 0 saturated carbocycles. The van der Waals surface area contributed by atoms with Gasteiger partial charge in [-0.15, -0.1) is 0 Å². The number of hydrogen-bond donors (Lipinski definition) is 1. The number of benzene rings is 1. The van der Waals surface area contributed by atoms with Gasteiger partial charge in [-0.05, 0) is 12.1 Å². The van der Waals surface area contributed by atoms with Crippen molar-refractivity contribution in [1.29, 1.82) is 0 Å². The van der Waals surface area contributed by atoms with Crippen LogP contribution in [0.2, 0.25) is 0 Å². The maximum absolute atomic E-state index is 13.0. The fourth-order valence-electron chi connectivity index (χ4n) is 0.924. The van der Waals surface area contributed by atoms with Crippen molar-refractivity contribution in [2.75, 3.05) is 6.26 Å². The molecule has 0 aromatic heterocycles. The number of hydrogen-bond acceptors (Lipinski definition) is 3. The van der Waals surface area contributed by atoms with Crippen LogP contribution < -0.4 is 5.73 Å². The maximum Gasteiger partial charge on any atom is 0.175 e. The second-order valence-electron chi connectivity index (χ2n) is 2.73. The summed E-state index contributed by atoms with van der Waals surface area (Å²) in [6.07, 6.45) is 1.03. The lowest BCUT2D eigenvalue weighted by Crippen LogP contribution is -2.03. The third-order valence-corrected chi connectivity index (χ3v) is 2.78. The van der Waals surface area contributed by atoms with E-state index in [-0.39, 0.29) is 11.4 Å². The van der Waals surface area contributed by atoms with Crippen molar-refractivity contribution in [3.8, 4) is 0 Å². The minimum atomic E-state index is -3.33. The van der Waals surface area contributed by atoms with E-state index in [1.54, 1.807) is 0 Å². The van der Waals surface area contributed by atoms with Gasteiger partial charge in [0.25, 0.3) is 0 Å². The Morgan fingerprint density at radius 1 is 1.46 bits per heavy atom. The summed E-state index contributed by atoms with van der Waals surface area (Å²) in [6.45, 7) is 0.0654. The summed E-state index contributed by atoms with van der Waals surface area (Å²) < 4.78 is 35.0. The van der Waals surface area contributed by atoms with E-state index >= 15 is 0 Å². The second kappa shape index (κ2) is 3.43. The Balaban J connectivity index is 3.26. The first-order valence-corrected chi connectivity index (χ1v) is 5.53. The van der Waals surface area contributed by atoms with Crippen molar-refractivity contribution in [3.63, 3.8) is 0 Å². The Kier molecular flexibility index (Phi) is 2.68. The number of sulfone groups is 1. The van der Waals surface area contributed by atoms with Crippen LogP contribution in [0, 0.1) is 5.82 Å². The van der Waals surface area contributed by atoms with E-state index in [1.165, 1.54) is 12.1 Å². The molecule has 0 aliphatic carbocycles. The molecule has 0 bridgehead atoms. The molecule has 0 unspecified atom stereocenters. The van der Waals surface area contributed by atoms with E-state index in [0.717, 1.165) is 12.3 Å². The van der Waals surface area contributed by atoms with Gasteiger partial charge >= 0.3 is 0 Å². The van der Waals surface area contributed by atoms with Crippen LogP contribution in [-0.4, -0.2) is 14.7 Å². The molecule has 5 heteroatoms. The van der Waals surface area contributed by atoms with Gasteiger partial charge in [0.05, 0.1) is 4.90 Å². The highest BCUT2D eigenvalue weighted by atomic mass is 32.2. The first-order chi connectivity index (χ1) is 5.95. The van der Waals surface area contributed by atoms with Crippen molar-refractivity contribution < 1.29 is 12.8 Å². The zero-order valence-electron chi connectivity index (χ0n) is 7.12. The largest absolute Gasteiger partial charge is 0.326 e. The van der Waals surface area contributed by atoms with Gasteiger partial charge in [-0.3, -0.25) is 0 Å². The van der Waals surface area contributed by atoms with Gasteiger partial charge < -0.3 is 5.73 Å². The number of nitrogens with two attached hydrogens (primary N) is 1. The van der Waals surface area contributed by atoms with Crippen molar-refractivity contribution in [2.45, 2.75) is 11.4 Å². The van der Waals surface area contributed by atoms with Gasteiger partial charge in [-0.25, -0.2) is 12.8 Å². The van der Waals surface area contributed by atoms with Crippen LogP contribution in [-0.2, 0) is 16.4 Å². The molecule has 0 heterocycles. The molecule has 1 rings (SSSR count). The maximum atomic E-state index is 13.0. The number of rotatable bonds is 2. The predicted octanol–water partition coefficient (Wildman–Crippen LogP) is 0.688. The molecule has 2 N–H and O–H groups in total. The van der Waals surface area contributed by atoms with E-state index in [0.29, 0.717) is 5.56 Å². The molecular formula is C8H10FNO2S. The molecule has 13 heavy (non-hydrogen) atoms. The van der Waals surface area contributed by atoms with E-state index in [4.69, 9.17) is 5.73 Å². The molecule has 1 aromatic rings. The van der Waals surface area contributed by atoms with E-state index in [9.17, 15) is 12.8 Å². The van der Waals surface area contributed by atoms with Gasteiger partial charge in [0, 0.05) is 18.4 Å². The molecule has 0 saturated heterocycles. The lowest BCUT2D eigenvalue weighted by atomic mass is 10.2. The standard InChI is InChI=1S/C8H10FNO2S/c1-13(11,12)7-3-2-6(5-10)8(9)4-7/h2-4H,5,10H2,1H3. The Labute approximate surface area is 76.3 Å². The SMILES string of the molecule is CS(=O)(=O)c1ccc(CN)c(F)c1. The van der Waals surface area contributed by atoms with Crippen LogP contribution in [0.1, 0.15) is 5.56 Å². The monoisotopic (exact) mass is 203 g/mol. The topological polar surface area (TPSA) is 60.2 Å². The Morgan fingerprint density at radius 3 is 2.46 bits per heavy atom. The molecule has 0 radical (unpaired) electrons. The lowest BCUT2D eigenvalue weighted by Gasteiger charge is -2.01. The van der Waals surface area contributed by atoms with Crippen molar-refractivity contribution in [3.05, 3.63) is 29.6 Å². The lowest BCUT2D eigenvalue weighted by molar-refractivity contribution is 0.591. The molecule has 0 amide bonds. The van der Waals surface area contributed by atoms with E-state index in [1.807, 2.05) is 0 Å². The summed E-state index contributed by atoms with van der Waals surface area (Å²) in [7, 11) is -3.33. The van der Waals surface area contributed by atoms with Crippen LogP contribution in [0.5, 0.6) is 0 Å². The van der Waals surface area contributed by atoms with Gasteiger partial charge in [0.1, 0.15) is 5.82 Å². The fourth-order valence-corrected chi connectivity index (χ4v) is 1.56. The average Bonchev–Trinajstić information content (AvgIpc) is 2.02. The highest BCUT2D eigenvalue weighted by molar-refractivity contribution is 7.90. The zero-order chi connectivity index (χ0) is 10.1. The zero-order valence-corrected chi connectivity index (χ0v) is 7.94. The van der Waals surface area contributed by atoms with Gasteiger partial charge in [0.2, 0.25) is 0 Å². The third-order valence-electron chi connectivity index (χ3n) is 1.67. The van der Waals surface area contributed by atoms with E-state index < -0.39 is 15.7 Å². The molecule has 0 spiro atoms. The van der Waals surface area contributed by atoms with Crippen LogP contribution in [0.3, 0.4) is 0 Å². The quantitative estimate of drug-likeness (QED) is 0.769. The van der Waals surface area contributed by atoms with Crippen LogP contribution in [0.4, 0.5) is 4.39 Å². The molecule has 0 atom stereocenters. The average molecular weight is 203 g/mol. The highest BCUT2D eigenvalue weighted by Gasteiger charge is 2.09. The second-order valence-corrected chi connectivity index (χ2v) is 4.75. The Morgan fingerprint density at radius 2 is 2.08 bits per heavy atom. The van der Waals surface area contributed by atoms with Gasteiger partial charge in [0.15, 0.2) is 9.84 Å². The minimum absolute atomic E-state index is 0.0257. The van der Waals surface area contributed by atoms with Gasteiger partial charge in [-0.2, -0.15) is 0 Å². The minimum Gasteiger partial charge on any atom is -0.326 e. The van der Waals surface area contributed by atoms with Crippen LogP contribution in [0.15, 0.2) is 23.1 Å². The van der Waals surface area contributed by atoms with Crippen LogP contribution in [0.25, 0.3) is 0 Å². The summed E-state index contributed by atoms with van der Waals surface area (Å²) in [5, 5.41) is 0. The predicted molar refractivity (Wildman–Crippen MR) is 47.4 cm³/mol. The third kappa shape index (κ3) is 2.26. The number of halogens is 1. The van der Waals surface area contributed by atoms with E-state index in [2.05, 4.69) is 0 Å². The fraction of sp³-hybridized carbons (Fsp3) is 0.250. The normalized spacial score (nSPS) is 11.6. The summed E-state index contributed by atoms with van der Waals surface area (Å²) in [6, 6.07) is 3.71. The van der Waals surface area contributed by atoms with Crippen molar-refractivity contribution >= 4 is 9.84 Å². The smallest absolute Gasteiger partial charge is 0.175 e. The molecule has 72 valence electrons. The highest BCUT2D eigenvalue weighted by Crippen LogP contribution is 2.14.